The Balaban J connectivity index is 2.11. The summed E-state index contributed by atoms with van der Waals surface area (Å²) in [6.07, 6.45) is -2.63. The van der Waals surface area contributed by atoms with Crippen molar-refractivity contribution in [2.24, 2.45) is 0 Å². The molecule has 0 aliphatic carbocycles. The summed E-state index contributed by atoms with van der Waals surface area (Å²) < 4.78 is 65.3. The van der Waals surface area contributed by atoms with E-state index in [2.05, 4.69) is 31.1 Å². The molecule has 38 heavy (non-hydrogen) atoms. The number of halogens is 3. The first kappa shape index (κ1) is 28.6. The molecule has 0 saturated carbocycles. The minimum atomic E-state index is -4.71. The molecule has 0 unspecified atom stereocenters. The fourth-order valence-electron chi connectivity index (χ4n) is 3.31. The first-order chi connectivity index (χ1) is 17.7. The van der Waals surface area contributed by atoms with E-state index in [1.807, 2.05) is 0 Å². The SMILES string of the molecule is CCONC(=O)c1cnc(Nc2cc(C)nc(C)n2)cc1Nc1ccc(C(F)(F)F)cc1N(C)S(C)(=O)=O. The highest BCUT2D eigenvalue weighted by Crippen LogP contribution is 2.38. The van der Waals surface area contributed by atoms with Crippen LogP contribution < -0.4 is 20.4 Å². The second kappa shape index (κ2) is 11.2. The molecule has 15 heteroatoms. The van der Waals surface area contributed by atoms with Crippen molar-refractivity contribution in [1.29, 1.82) is 0 Å². The molecule has 1 aromatic carbocycles. The Labute approximate surface area is 217 Å². The summed E-state index contributed by atoms with van der Waals surface area (Å²) in [5.74, 6) is 0.485. The van der Waals surface area contributed by atoms with Gasteiger partial charge < -0.3 is 10.6 Å². The zero-order valence-corrected chi connectivity index (χ0v) is 22.0. The zero-order chi connectivity index (χ0) is 28.3. The van der Waals surface area contributed by atoms with Crippen LogP contribution in [0.4, 0.5) is 41.9 Å². The predicted octanol–water partition coefficient (Wildman–Crippen LogP) is 4.07. The van der Waals surface area contributed by atoms with E-state index < -0.39 is 27.7 Å². The van der Waals surface area contributed by atoms with Crippen LogP contribution in [0.5, 0.6) is 0 Å². The fraction of sp³-hybridized carbons (Fsp3) is 0.304. The number of nitrogens with zero attached hydrogens (tertiary/aromatic N) is 4. The van der Waals surface area contributed by atoms with Gasteiger partial charge in [0.15, 0.2) is 0 Å². The lowest BCUT2D eigenvalue weighted by Gasteiger charge is -2.23. The van der Waals surface area contributed by atoms with E-state index in [4.69, 9.17) is 4.84 Å². The van der Waals surface area contributed by atoms with Crippen LogP contribution in [0, 0.1) is 13.8 Å². The van der Waals surface area contributed by atoms with E-state index in [0.717, 1.165) is 25.4 Å². The molecule has 3 aromatic rings. The smallest absolute Gasteiger partial charge is 0.353 e. The topological polar surface area (TPSA) is 138 Å². The van der Waals surface area contributed by atoms with Crippen molar-refractivity contribution in [3.63, 3.8) is 0 Å². The maximum atomic E-state index is 13.4. The lowest BCUT2D eigenvalue weighted by atomic mass is 10.1. The average Bonchev–Trinajstić information content (AvgIpc) is 2.80. The fourth-order valence-corrected chi connectivity index (χ4v) is 3.82. The number of pyridine rings is 1. The van der Waals surface area contributed by atoms with Crippen molar-refractivity contribution in [1.82, 2.24) is 20.4 Å². The number of hydrogen-bond donors (Lipinski definition) is 3. The van der Waals surface area contributed by atoms with Crippen molar-refractivity contribution in [3.8, 4) is 0 Å². The average molecular weight is 554 g/mol. The summed E-state index contributed by atoms with van der Waals surface area (Å²) >= 11 is 0. The van der Waals surface area contributed by atoms with Gasteiger partial charge in [0.25, 0.3) is 5.91 Å². The Morgan fingerprint density at radius 1 is 1.05 bits per heavy atom. The summed E-state index contributed by atoms with van der Waals surface area (Å²) in [5.41, 5.74) is 1.67. The number of hydroxylamine groups is 1. The Bertz CT molecular complexity index is 1430. The molecule has 11 nitrogen and oxygen atoms in total. The van der Waals surface area contributed by atoms with Crippen LogP contribution in [0.3, 0.4) is 0 Å². The molecule has 0 aliphatic heterocycles. The van der Waals surface area contributed by atoms with E-state index in [1.165, 1.54) is 12.3 Å². The molecule has 2 aromatic heterocycles. The maximum absolute atomic E-state index is 13.4. The molecule has 204 valence electrons. The van der Waals surface area contributed by atoms with Crippen molar-refractivity contribution >= 4 is 44.6 Å². The normalized spacial score (nSPS) is 11.7. The first-order valence-electron chi connectivity index (χ1n) is 11.1. The van der Waals surface area contributed by atoms with Crippen LogP contribution in [0.15, 0.2) is 36.5 Å². The third-order valence-electron chi connectivity index (χ3n) is 5.11. The highest BCUT2D eigenvalue weighted by molar-refractivity contribution is 7.92. The third kappa shape index (κ3) is 7.07. The molecular weight excluding hydrogens is 527 g/mol. The Morgan fingerprint density at radius 3 is 2.37 bits per heavy atom. The van der Waals surface area contributed by atoms with Gasteiger partial charge in [-0.25, -0.2) is 28.8 Å². The molecule has 1 amide bonds. The molecule has 0 aliphatic rings. The molecular formula is C23H26F3N7O4S. The van der Waals surface area contributed by atoms with Crippen LogP contribution >= 0.6 is 0 Å². The van der Waals surface area contributed by atoms with Crippen LogP contribution in [0.25, 0.3) is 0 Å². The number of aromatic nitrogens is 3. The Morgan fingerprint density at radius 2 is 1.76 bits per heavy atom. The first-order valence-corrected chi connectivity index (χ1v) is 13.0. The van der Waals surface area contributed by atoms with Gasteiger partial charge in [-0.05, 0) is 39.0 Å². The molecule has 0 atom stereocenters. The van der Waals surface area contributed by atoms with Gasteiger partial charge in [0.1, 0.15) is 17.5 Å². The number of hydrogen-bond acceptors (Lipinski definition) is 9. The molecule has 2 heterocycles. The zero-order valence-electron chi connectivity index (χ0n) is 21.1. The number of nitrogens with one attached hydrogen (secondary N) is 3. The van der Waals surface area contributed by atoms with E-state index in [1.54, 1.807) is 26.8 Å². The summed E-state index contributed by atoms with van der Waals surface area (Å²) in [5, 5.41) is 5.87. The van der Waals surface area contributed by atoms with Gasteiger partial charge in [-0.15, -0.1) is 0 Å². The van der Waals surface area contributed by atoms with Gasteiger partial charge in [-0.2, -0.15) is 13.2 Å². The summed E-state index contributed by atoms with van der Waals surface area (Å²) in [6, 6.07) is 5.68. The number of carbonyl (C=O) groups is 1. The quantitative estimate of drug-likeness (QED) is 0.335. The number of alkyl halides is 3. The minimum Gasteiger partial charge on any atom is -0.353 e. The molecule has 0 radical (unpaired) electrons. The van der Waals surface area contributed by atoms with Crippen LogP contribution in [-0.4, -0.2) is 49.2 Å². The van der Waals surface area contributed by atoms with Crippen molar-refractivity contribution in [3.05, 3.63) is 59.2 Å². The standard InChI is InChI=1S/C23H26F3N7O4S/c1-6-37-32-22(34)16-12-27-20(31-21-9-13(2)28-14(3)29-21)11-18(16)30-17-8-7-15(23(24,25)26)10-19(17)33(4)38(5,35)36/h7-12H,6H2,1-5H3,(H,32,34)(H2,27,28,29,30,31). The highest BCUT2D eigenvalue weighted by Gasteiger charge is 2.32. The molecule has 3 rings (SSSR count). The van der Waals surface area contributed by atoms with Gasteiger partial charge in [0, 0.05) is 31.1 Å². The van der Waals surface area contributed by atoms with E-state index >= 15 is 0 Å². The molecule has 0 saturated heterocycles. The molecule has 0 spiro atoms. The number of benzene rings is 1. The lowest BCUT2D eigenvalue weighted by Crippen LogP contribution is -2.27. The number of aryl methyl sites for hydroxylation is 2. The van der Waals surface area contributed by atoms with Crippen LogP contribution in [0.1, 0.15) is 34.4 Å². The number of sulfonamides is 1. The summed E-state index contributed by atoms with van der Waals surface area (Å²) in [7, 11) is -2.82. The number of carbonyl (C=O) groups excluding carboxylic acids is 1. The van der Waals surface area contributed by atoms with E-state index in [0.29, 0.717) is 27.7 Å². The van der Waals surface area contributed by atoms with Crippen molar-refractivity contribution in [2.45, 2.75) is 26.9 Å². The molecule has 0 fully saturated rings. The van der Waals surface area contributed by atoms with Gasteiger partial charge in [-0.3, -0.25) is 13.9 Å². The number of amides is 1. The van der Waals surface area contributed by atoms with Crippen molar-refractivity contribution < 1.29 is 31.2 Å². The third-order valence-corrected chi connectivity index (χ3v) is 6.30. The largest absolute Gasteiger partial charge is 0.416 e. The summed E-state index contributed by atoms with van der Waals surface area (Å²) in [4.78, 5) is 30.4. The number of anilines is 5. The second-order valence-corrected chi connectivity index (χ2v) is 10.1. The van der Waals surface area contributed by atoms with Gasteiger partial charge in [-0.1, -0.05) is 0 Å². The second-order valence-electron chi connectivity index (χ2n) is 8.13. The van der Waals surface area contributed by atoms with Gasteiger partial charge in [0.05, 0.1) is 41.1 Å². The minimum absolute atomic E-state index is 0.0118. The molecule has 3 N–H and O–H groups in total. The Kier molecular flexibility index (Phi) is 8.41. The van der Waals surface area contributed by atoms with Gasteiger partial charge >= 0.3 is 6.18 Å². The van der Waals surface area contributed by atoms with Gasteiger partial charge in [0.2, 0.25) is 10.0 Å². The predicted molar refractivity (Wildman–Crippen MR) is 136 cm³/mol. The number of rotatable bonds is 9. The molecule has 0 bridgehead atoms. The highest BCUT2D eigenvalue weighted by atomic mass is 32.2. The summed E-state index contributed by atoms with van der Waals surface area (Å²) in [6.45, 7) is 5.33. The van der Waals surface area contributed by atoms with E-state index in [-0.39, 0.29) is 35.1 Å². The monoisotopic (exact) mass is 553 g/mol. The van der Waals surface area contributed by atoms with Crippen LogP contribution in [0.2, 0.25) is 0 Å². The lowest BCUT2D eigenvalue weighted by molar-refractivity contribution is -0.137. The van der Waals surface area contributed by atoms with Crippen LogP contribution in [-0.2, 0) is 21.0 Å². The van der Waals surface area contributed by atoms with Crippen molar-refractivity contribution in [2.75, 3.05) is 34.8 Å². The van der Waals surface area contributed by atoms with E-state index in [9.17, 15) is 26.4 Å². The Hall–Kier alpha value is -3.98. The maximum Gasteiger partial charge on any atom is 0.416 e.